The van der Waals surface area contributed by atoms with E-state index in [1.165, 1.54) is 0 Å². The molecule has 1 amide bonds. The number of hydrogen-bond acceptors (Lipinski definition) is 5. The summed E-state index contributed by atoms with van der Waals surface area (Å²) in [5.41, 5.74) is 0. The summed E-state index contributed by atoms with van der Waals surface area (Å²) < 4.78 is 35.4. The first-order chi connectivity index (χ1) is 9.43. The number of carbonyl (C=O) groups excluding carboxylic acids is 2. The van der Waals surface area contributed by atoms with Gasteiger partial charge in [0.25, 0.3) is 10.1 Å². The number of carbonyl (C=O) groups is 2. The number of amides is 1. The minimum atomic E-state index is -4.10. The second kappa shape index (κ2) is 8.30. The van der Waals surface area contributed by atoms with Crippen LogP contribution in [0.5, 0.6) is 0 Å². The summed E-state index contributed by atoms with van der Waals surface area (Å²) in [5.74, 6) is -1.37. The first-order valence-electron chi connectivity index (χ1n) is 6.64. The summed E-state index contributed by atoms with van der Waals surface area (Å²) in [5, 5.41) is 2.37. The molecule has 1 atom stereocenters. The van der Waals surface area contributed by atoms with E-state index >= 15 is 0 Å². The molecule has 0 saturated heterocycles. The van der Waals surface area contributed by atoms with E-state index in [1.54, 1.807) is 6.92 Å². The third-order valence-electron chi connectivity index (χ3n) is 2.43. The zero-order valence-electron chi connectivity index (χ0n) is 13.0. The molecule has 0 fully saturated rings. The van der Waals surface area contributed by atoms with Gasteiger partial charge in [-0.05, 0) is 0 Å². The van der Waals surface area contributed by atoms with E-state index in [1.807, 2.05) is 21.1 Å². The van der Waals surface area contributed by atoms with Crippen LogP contribution in [0.1, 0.15) is 19.8 Å². The van der Waals surface area contributed by atoms with Gasteiger partial charge < -0.3 is 14.5 Å². The third kappa shape index (κ3) is 12.3. The lowest BCUT2D eigenvalue weighted by Gasteiger charge is -2.28. The van der Waals surface area contributed by atoms with Crippen LogP contribution in [0, 0.1) is 0 Å². The third-order valence-corrected chi connectivity index (χ3v) is 3.15. The molecule has 8 nitrogen and oxygen atoms in total. The van der Waals surface area contributed by atoms with Crippen molar-refractivity contribution < 1.29 is 31.8 Å². The zero-order valence-corrected chi connectivity index (χ0v) is 13.8. The fourth-order valence-electron chi connectivity index (χ4n) is 1.62. The molecule has 2 N–H and O–H groups in total. The van der Waals surface area contributed by atoms with Gasteiger partial charge in [-0.15, -0.1) is 0 Å². The molecule has 0 rings (SSSR count). The van der Waals surface area contributed by atoms with Crippen LogP contribution in [0.3, 0.4) is 0 Å². The molecule has 0 saturated carbocycles. The number of esters is 1. The van der Waals surface area contributed by atoms with Crippen molar-refractivity contribution in [2.45, 2.75) is 25.9 Å². The lowest BCUT2D eigenvalue weighted by atomic mass is 10.2. The number of quaternary nitrogens is 1. The molecule has 124 valence electrons. The van der Waals surface area contributed by atoms with Crippen LogP contribution < -0.4 is 5.32 Å². The van der Waals surface area contributed by atoms with Crippen molar-refractivity contribution in [3.8, 4) is 0 Å². The van der Waals surface area contributed by atoms with E-state index in [4.69, 9.17) is 9.29 Å². The Balaban J connectivity index is 4.44. The molecule has 0 aromatic carbocycles. The van der Waals surface area contributed by atoms with E-state index < -0.39 is 27.9 Å². The van der Waals surface area contributed by atoms with Gasteiger partial charge in [-0.25, -0.2) is 0 Å². The van der Waals surface area contributed by atoms with Gasteiger partial charge in [-0.2, -0.15) is 8.42 Å². The normalized spacial score (nSPS) is 13.6. The Hall–Kier alpha value is -1.19. The summed E-state index contributed by atoms with van der Waals surface area (Å²) >= 11 is 0. The lowest BCUT2D eigenvalue weighted by molar-refractivity contribution is -0.873. The van der Waals surface area contributed by atoms with Crippen molar-refractivity contribution in [3.05, 3.63) is 0 Å². The van der Waals surface area contributed by atoms with Gasteiger partial charge in [0, 0.05) is 13.0 Å². The Morgan fingerprint density at radius 3 is 2.29 bits per heavy atom. The molecule has 0 spiro atoms. The van der Waals surface area contributed by atoms with Gasteiger partial charge in [0.15, 0.2) is 6.10 Å². The van der Waals surface area contributed by atoms with Crippen molar-refractivity contribution in [1.82, 2.24) is 5.32 Å². The molecule has 0 aliphatic carbocycles. The first kappa shape index (κ1) is 19.8. The van der Waals surface area contributed by atoms with E-state index in [2.05, 4.69) is 5.32 Å². The highest BCUT2D eigenvalue weighted by atomic mass is 32.2. The topological polar surface area (TPSA) is 110 Å². The number of ether oxygens (including phenoxy) is 1. The van der Waals surface area contributed by atoms with Crippen molar-refractivity contribution in [1.29, 1.82) is 0 Å². The first-order valence-corrected chi connectivity index (χ1v) is 8.25. The van der Waals surface area contributed by atoms with Crippen LogP contribution in [0.4, 0.5) is 0 Å². The maximum absolute atomic E-state index is 11.7. The van der Waals surface area contributed by atoms with Gasteiger partial charge in [0.1, 0.15) is 6.54 Å². The van der Waals surface area contributed by atoms with E-state index in [0.29, 0.717) is 11.0 Å². The van der Waals surface area contributed by atoms with E-state index in [-0.39, 0.29) is 25.4 Å². The minimum Gasteiger partial charge on any atom is -0.456 e. The standard InChI is InChI=1S/C12H24N2O6S/c1-5-12(16)20-10(9-14(2,3)4)8-11(15)13-6-7-21(17,18)19/h10H,5-9H2,1-4H3,(H-,13,15,17,18,19)/p+1/t10-/m1/s1. The van der Waals surface area contributed by atoms with E-state index in [0.717, 1.165) is 0 Å². The molecule has 9 heteroatoms. The monoisotopic (exact) mass is 325 g/mol. The summed E-state index contributed by atoms with van der Waals surface area (Å²) in [6.07, 6.45) is -0.409. The Morgan fingerprint density at radius 1 is 1.29 bits per heavy atom. The highest BCUT2D eigenvalue weighted by molar-refractivity contribution is 7.85. The van der Waals surface area contributed by atoms with E-state index in [9.17, 15) is 18.0 Å². The van der Waals surface area contributed by atoms with Crippen molar-refractivity contribution in [2.24, 2.45) is 0 Å². The molecule has 0 unspecified atom stereocenters. The van der Waals surface area contributed by atoms with Crippen LogP contribution in [0.25, 0.3) is 0 Å². The highest BCUT2D eigenvalue weighted by Crippen LogP contribution is 2.06. The van der Waals surface area contributed by atoms with Crippen molar-refractivity contribution in [2.75, 3.05) is 40.0 Å². The van der Waals surface area contributed by atoms with Crippen LogP contribution in [0.15, 0.2) is 0 Å². The maximum Gasteiger partial charge on any atom is 0.306 e. The SMILES string of the molecule is CCC(=O)O[C@H](CC(=O)NCCS(=O)(=O)O)C[N+](C)(C)C. The molecule has 0 heterocycles. The molecule has 21 heavy (non-hydrogen) atoms. The number of hydrogen-bond donors (Lipinski definition) is 2. The molecule has 0 aromatic rings. The van der Waals surface area contributed by atoms with Gasteiger partial charge in [-0.1, -0.05) is 6.92 Å². The predicted molar refractivity (Wildman–Crippen MR) is 77.1 cm³/mol. The molecule has 0 aliphatic rings. The summed E-state index contributed by atoms with van der Waals surface area (Å²) in [6, 6.07) is 0. The van der Waals surface area contributed by atoms with Gasteiger partial charge >= 0.3 is 5.97 Å². The summed E-state index contributed by atoms with van der Waals surface area (Å²) in [4.78, 5) is 23.1. The van der Waals surface area contributed by atoms with Crippen LogP contribution in [-0.4, -0.2) is 75.4 Å². The maximum atomic E-state index is 11.7. The number of nitrogens with one attached hydrogen (secondary N) is 1. The predicted octanol–water partition coefficient (Wildman–Crippen LogP) is -0.591. The Bertz CT molecular complexity index is 455. The molecular weight excluding hydrogens is 300 g/mol. The Kier molecular flexibility index (Phi) is 7.83. The Labute approximate surface area is 125 Å². The largest absolute Gasteiger partial charge is 0.456 e. The fraction of sp³-hybridized carbons (Fsp3) is 0.833. The van der Waals surface area contributed by atoms with Gasteiger partial charge in [0.05, 0.1) is 33.3 Å². The molecule has 0 radical (unpaired) electrons. The van der Waals surface area contributed by atoms with Crippen molar-refractivity contribution in [3.63, 3.8) is 0 Å². The minimum absolute atomic E-state index is 0.0489. The number of nitrogens with zero attached hydrogens (tertiary/aromatic N) is 1. The van der Waals surface area contributed by atoms with Gasteiger partial charge in [-0.3, -0.25) is 14.1 Å². The number of rotatable bonds is 9. The van der Waals surface area contributed by atoms with Crippen molar-refractivity contribution >= 4 is 22.0 Å². The molecule has 0 bridgehead atoms. The Morgan fingerprint density at radius 2 is 1.86 bits per heavy atom. The second-order valence-electron chi connectivity index (χ2n) is 5.78. The average Bonchev–Trinajstić information content (AvgIpc) is 2.24. The van der Waals surface area contributed by atoms with Gasteiger partial charge in [0.2, 0.25) is 5.91 Å². The lowest BCUT2D eigenvalue weighted by Crippen LogP contribution is -2.45. The molecule has 0 aliphatic heterocycles. The quantitative estimate of drug-likeness (QED) is 0.333. The van der Waals surface area contributed by atoms with Crippen LogP contribution in [0.2, 0.25) is 0 Å². The molecule has 0 aromatic heterocycles. The smallest absolute Gasteiger partial charge is 0.306 e. The zero-order chi connectivity index (χ0) is 16.7. The average molecular weight is 325 g/mol. The molecular formula is C12H25N2O6S+. The fourth-order valence-corrected chi connectivity index (χ4v) is 1.98. The number of likely N-dealkylation sites (N-methyl/N-ethyl adjacent to an activating group) is 1. The highest BCUT2D eigenvalue weighted by Gasteiger charge is 2.24. The summed E-state index contributed by atoms with van der Waals surface area (Å²) in [7, 11) is 1.61. The second-order valence-corrected chi connectivity index (χ2v) is 7.35. The van der Waals surface area contributed by atoms with Crippen LogP contribution in [-0.2, 0) is 24.4 Å². The van der Waals surface area contributed by atoms with Crippen LogP contribution >= 0.6 is 0 Å². The summed E-state index contributed by atoms with van der Waals surface area (Å²) in [6.45, 7) is 1.94.